The average Bonchev–Trinajstić information content (AvgIpc) is 1.97. The van der Waals surface area contributed by atoms with Gasteiger partial charge in [0.05, 0.1) is 0 Å². The molecule has 0 aliphatic rings. The molecule has 1 rings (SSSR count). The highest BCUT2D eigenvalue weighted by Crippen LogP contribution is 2.03. The quantitative estimate of drug-likeness (QED) is 0.409. The maximum absolute atomic E-state index is 12.3. The second-order valence-corrected chi connectivity index (χ2v) is 1.71. The molecule has 0 amide bonds. The number of aromatic hydroxyl groups is 1. The summed E-state index contributed by atoms with van der Waals surface area (Å²) >= 11 is 0. The lowest BCUT2D eigenvalue weighted by Crippen LogP contribution is -2.30. The van der Waals surface area contributed by atoms with Crippen molar-refractivity contribution < 1.29 is 14.7 Å². The van der Waals surface area contributed by atoms with E-state index in [0.29, 0.717) is 0 Å². The van der Waals surface area contributed by atoms with Crippen molar-refractivity contribution in [3.8, 4) is 5.88 Å². The van der Waals surface area contributed by atoms with Gasteiger partial charge < -0.3 is 10.3 Å². The normalized spacial score (nSPS) is 9.91. The molecule has 0 saturated carbocycles. The highest BCUT2D eigenvalue weighted by molar-refractivity contribution is 5.07. The Balaban J connectivity index is 3.73. The molecule has 1 heterocycles. The molecule has 3 N–H and O–H groups in total. The molecule has 60 valence electrons. The number of hydrogen-bond donors (Lipinski definition) is 3. The fraction of sp³-hybridized carbons (Fsp3) is 0. The third kappa shape index (κ3) is 0.955. The zero-order valence-corrected chi connectivity index (χ0v) is 5.04. The van der Waals surface area contributed by atoms with Crippen molar-refractivity contribution in [2.45, 2.75) is 0 Å². The zero-order chi connectivity index (χ0) is 8.59. The van der Waals surface area contributed by atoms with Crippen LogP contribution in [0.15, 0.2) is 9.59 Å². The molecule has 0 atom stereocenters. The van der Waals surface area contributed by atoms with Crippen LogP contribution in [-0.4, -0.2) is 20.0 Å². The Morgan fingerprint density at radius 1 is 1.45 bits per heavy atom. The van der Waals surface area contributed by atoms with Crippen LogP contribution in [0.5, 0.6) is 5.88 Å². The summed E-state index contributed by atoms with van der Waals surface area (Å²) in [5.41, 5.74) is -2.67. The Hall–Kier alpha value is -1.79. The van der Waals surface area contributed by atoms with E-state index < -0.39 is 27.7 Å². The Morgan fingerprint density at radius 2 is 2.00 bits per heavy atom. The molecule has 0 fully saturated rings. The molecular weight excluding hydrogens is 159 g/mol. The predicted molar refractivity (Wildman–Crippen MR) is 30.1 cm³/mol. The molecule has 0 aliphatic heterocycles. The van der Waals surface area contributed by atoms with Gasteiger partial charge in [-0.1, -0.05) is 4.73 Å². The number of nitrogens with zero attached hydrogens (tertiary/aromatic N) is 1. The molecule has 0 unspecified atom stereocenters. The summed E-state index contributed by atoms with van der Waals surface area (Å²) in [5, 5.41) is 16.9. The van der Waals surface area contributed by atoms with Crippen LogP contribution in [0.1, 0.15) is 0 Å². The molecule has 0 spiro atoms. The number of H-pyrrole nitrogens is 1. The molecule has 0 saturated heterocycles. The van der Waals surface area contributed by atoms with Gasteiger partial charge in [0.25, 0.3) is 17.3 Å². The second kappa shape index (κ2) is 2.11. The van der Waals surface area contributed by atoms with Gasteiger partial charge >= 0.3 is 5.69 Å². The van der Waals surface area contributed by atoms with E-state index in [-0.39, 0.29) is 0 Å². The van der Waals surface area contributed by atoms with Gasteiger partial charge in [0.2, 0.25) is 0 Å². The Kier molecular flexibility index (Phi) is 1.41. The molecular formula is C4H3FN2O4. The standard InChI is InChI=1S/C4H3FN2O4/c5-1-2(8)6-4(10)7(11)3(1)9/h9,11H,(H,6,8,10). The molecule has 0 radical (unpaired) electrons. The zero-order valence-electron chi connectivity index (χ0n) is 5.04. The van der Waals surface area contributed by atoms with E-state index in [1.807, 2.05) is 0 Å². The summed E-state index contributed by atoms with van der Waals surface area (Å²) in [4.78, 5) is 22.1. The summed E-state index contributed by atoms with van der Waals surface area (Å²) < 4.78 is 11.9. The minimum absolute atomic E-state index is 0.406. The van der Waals surface area contributed by atoms with Crippen LogP contribution in [0.3, 0.4) is 0 Å². The first kappa shape index (κ1) is 7.32. The van der Waals surface area contributed by atoms with Crippen molar-refractivity contribution in [1.29, 1.82) is 0 Å². The summed E-state index contributed by atoms with van der Waals surface area (Å²) in [6.07, 6.45) is 0. The van der Waals surface area contributed by atoms with E-state index in [1.54, 1.807) is 0 Å². The van der Waals surface area contributed by atoms with Crippen molar-refractivity contribution in [2.75, 3.05) is 0 Å². The van der Waals surface area contributed by atoms with Gasteiger partial charge in [-0.05, 0) is 0 Å². The van der Waals surface area contributed by atoms with E-state index in [9.17, 15) is 14.0 Å². The fourth-order valence-corrected chi connectivity index (χ4v) is 0.496. The van der Waals surface area contributed by atoms with Gasteiger partial charge in [-0.2, -0.15) is 4.39 Å². The number of aromatic nitrogens is 2. The molecule has 0 aromatic carbocycles. The van der Waals surface area contributed by atoms with Crippen LogP contribution in [0.25, 0.3) is 0 Å². The lowest BCUT2D eigenvalue weighted by molar-refractivity contribution is 0.130. The number of hydrogen-bond acceptors (Lipinski definition) is 4. The second-order valence-electron chi connectivity index (χ2n) is 1.71. The van der Waals surface area contributed by atoms with Crippen LogP contribution in [0.4, 0.5) is 4.39 Å². The first-order valence-corrected chi connectivity index (χ1v) is 2.47. The lowest BCUT2D eigenvalue weighted by Gasteiger charge is -1.97. The number of rotatable bonds is 0. The first-order chi connectivity index (χ1) is 5.04. The first-order valence-electron chi connectivity index (χ1n) is 2.47. The number of aromatic amines is 1. The fourth-order valence-electron chi connectivity index (χ4n) is 0.496. The van der Waals surface area contributed by atoms with Crippen molar-refractivity contribution in [2.24, 2.45) is 0 Å². The molecule has 6 nitrogen and oxygen atoms in total. The van der Waals surface area contributed by atoms with Crippen LogP contribution in [0.2, 0.25) is 0 Å². The highest BCUT2D eigenvalue weighted by Gasteiger charge is 2.11. The van der Waals surface area contributed by atoms with Gasteiger partial charge in [-0.15, -0.1) is 0 Å². The predicted octanol–water partition coefficient (Wildman–Crippen LogP) is -1.38. The SMILES string of the molecule is O=c1[nH]c(=O)n(O)c(O)c1F. The summed E-state index contributed by atoms with van der Waals surface area (Å²) in [7, 11) is 0. The molecule has 1 aromatic rings. The third-order valence-corrected chi connectivity index (χ3v) is 1.01. The number of halogens is 1. The van der Waals surface area contributed by atoms with Gasteiger partial charge in [0, 0.05) is 0 Å². The molecule has 0 bridgehead atoms. The molecule has 0 aliphatic carbocycles. The summed E-state index contributed by atoms with van der Waals surface area (Å²) in [6, 6.07) is 0. The van der Waals surface area contributed by atoms with E-state index in [1.165, 1.54) is 4.98 Å². The Bertz CT molecular complexity index is 358. The van der Waals surface area contributed by atoms with Gasteiger partial charge in [0.15, 0.2) is 0 Å². The van der Waals surface area contributed by atoms with Crippen LogP contribution in [-0.2, 0) is 0 Å². The van der Waals surface area contributed by atoms with Crippen molar-refractivity contribution >= 4 is 0 Å². The summed E-state index contributed by atoms with van der Waals surface area (Å²) in [6.45, 7) is 0. The van der Waals surface area contributed by atoms with Gasteiger partial charge in [0.1, 0.15) is 0 Å². The summed E-state index contributed by atoms with van der Waals surface area (Å²) in [5.74, 6) is -3.01. The van der Waals surface area contributed by atoms with Crippen molar-refractivity contribution in [1.82, 2.24) is 9.71 Å². The number of nitrogens with one attached hydrogen (secondary N) is 1. The lowest BCUT2D eigenvalue weighted by atomic mass is 10.6. The van der Waals surface area contributed by atoms with Crippen molar-refractivity contribution in [3.63, 3.8) is 0 Å². The Morgan fingerprint density at radius 3 is 2.55 bits per heavy atom. The van der Waals surface area contributed by atoms with E-state index in [0.717, 1.165) is 0 Å². The smallest absolute Gasteiger partial charge is 0.364 e. The van der Waals surface area contributed by atoms with E-state index in [4.69, 9.17) is 10.3 Å². The minimum Gasteiger partial charge on any atom is -0.490 e. The largest absolute Gasteiger partial charge is 0.490 e. The highest BCUT2D eigenvalue weighted by atomic mass is 19.1. The van der Waals surface area contributed by atoms with Crippen LogP contribution < -0.4 is 11.2 Å². The molecule has 1 aromatic heterocycles. The van der Waals surface area contributed by atoms with E-state index >= 15 is 0 Å². The topological polar surface area (TPSA) is 95.3 Å². The molecule has 11 heavy (non-hydrogen) atoms. The third-order valence-electron chi connectivity index (χ3n) is 1.01. The van der Waals surface area contributed by atoms with Crippen LogP contribution in [0, 0.1) is 5.82 Å². The monoisotopic (exact) mass is 162 g/mol. The maximum atomic E-state index is 12.3. The van der Waals surface area contributed by atoms with Crippen molar-refractivity contribution in [3.05, 3.63) is 26.7 Å². The van der Waals surface area contributed by atoms with E-state index in [2.05, 4.69) is 0 Å². The minimum atomic E-state index is -1.60. The molecule has 7 heteroatoms. The van der Waals surface area contributed by atoms with Gasteiger partial charge in [-0.3, -0.25) is 9.78 Å². The Labute approximate surface area is 58.1 Å². The maximum Gasteiger partial charge on any atom is 0.364 e. The van der Waals surface area contributed by atoms with Gasteiger partial charge in [-0.25, -0.2) is 4.79 Å². The van der Waals surface area contributed by atoms with Crippen LogP contribution >= 0.6 is 0 Å². The average molecular weight is 162 g/mol.